The van der Waals surface area contributed by atoms with Crippen LogP contribution in [-0.2, 0) is 4.79 Å². The quantitative estimate of drug-likeness (QED) is 0.765. The molecule has 1 aliphatic rings. The molecule has 1 saturated carbocycles. The summed E-state index contributed by atoms with van der Waals surface area (Å²) in [5.41, 5.74) is 2.32. The van der Waals surface area contributed by atoms with Gasteiger partial charge in [0, 0.05) is 6.08 Å². The van der Waals surface area contributed by atoms with Gasteiger partial charge in [-0.2, -0.15) is 0 Å². The van der Waals surface area contributed by atoms with Crippen molar-refractivity contribution in [3.05, 3.63) is 41.5 Å². The maximum atomic E-state index is 10.4. The Hall–Kier alpha value is -1.57. The van der Waals surface area contributed by atoms with Gasteiger partial charge in [0.25, 0.3) is 0 Å². The van der Waals surface area contributed by atoms with E-state index in [2.05, 4.69) is 12.1 Å². The van der Waals surface area contributed by atoms with Gasteiger partial charge in [0.2, 0.25) is 0 Å². The van der Waals surface area contributed by atoms with E-state index in [1.807, 2.05) is 12.1 Å². The first-order valence-corrected chi connectivity index (χ1v) is 5.26. The summed E-state index contributed by atoms with van der Waals surface area (Å²) in [6.07, 6.45) is 6.68. The Morgan fingerprint density at radius 3 is 2.80 bits per heavy atom. The fourth-order valence-electron chi connectivity index (χ4n) is 1.83. The fourth-order valence-corrected chi connectivity index (χ4v) is 1.83. The van der Waals surface area contributed by atoms with Gasteiger partial charge >= 0.3 is 5.97 Å². The normalized spacial score (nSPS) is 16.5. The van der Waals surface area contributed by atoms with Gasteiger partial charge in [0.1, 0.15) is 0 Å². The van der Waals surface area contributed by atoms with Gasteiger partial charge in [-0.3, -0.25) is 0 Å². The second-order valence-corrected chi connectivity index (χ2v) is 3.97. The van der Waals surface area contributed by atoms with Crippen molar-refractivity contribution in [2.45, 2.75) is 25.2 Å². The zero-order chi connectivity index (χ0) is 10.7. The van der Waals surface area contributed by atoms with Crippen LogP contribution in [0.25, 0.3) is 6.08 Å². The zero-order valence-corrected chi connectivity index (χ0v) is 8.52. The molecule has 0 atom stereocenters. The molecule has 0 heterocycles. The lowest BCUT2D eigenvalue weighted by Gasteiger charge is -2.25. The monoisotopic (exact) mass is 202 g/mol. The van der Waals surface area contributed by atoms with Crippen LogP contribution in [0.1, 0.15) is 36.3 Å². The Morgan fingerprint density at radius 2 is 2.20 bits per heavy atom. The van der Waals surface area contributed by atoms with Gasteiger partial charge in [-0.15, -0.1) is 0 Å². The summed E-state index contributed by atoms with van der Waals surface area (Å²) in [4.78, 5) is 10.4. The summed E-state index contributed by atoms with van der Waals surface area (Å²) in [6, 6.07) is 8.14. The second-order valence-electron chi connectivity index (χ2n) is 3.97. The first-order valence-electron chi connectivity index (χ1n) is 5.26. The molecule has 2 rings (SSSR count). The van der Waals surface area contributed by atoms with Crippen molar-refractivity contribution in [2.75, 3.05) is 0 Å². The van der Waals surface area contributed by atoms with E-state index in [1.54, 1.807) is 6.08 Å². The molecule has 1 aromatic rings. The molecular formula is C13H14O2. The SMILES string of the molecule is O=C(O)/C=C/c1cccc(C2CCC2)c1. The van der Waals surface area contributed by atoms with Crippen LogP contribution in [-0.4, -0.2) is 11.1 Å². The maximum Gasteiger partial charge on any atom is 0.328 e. The largest absolute Gasteiger partial charge is 0.478 e. The highest BCUT2D eigenvalue weighted by Crippen LogP contribution is 2.36. The number of carbonyl (C=O) groups is 1. The molecule has 2 nitrogen and oxygen atoms in total. The summed E-state index contributed by atoms with van der Waals surface area (Å²) in [7, 11) is 0. The third kappa shape index (κ3) is 2.46. The second kappa shape index (κ2) is 4.30. The van der Waals surface area contributed by atoms with E-state index in [0.717, 1.165) is 5.56 Å². The molecule has 78 valence electrons. The Bertz CT molecular complexity index is 389. The molecule has 0 unspecified atom stereocenters. The molecule has 0 spiro atoms. The molecule has 0 bridgehead atoms. The summed E-state index contributed by atoms with van der Waals surface area (Å²) in [6.45, 7) is 0. The van der Waals surface area contributed by atoms with Crippen molar-refractivity contribution in [1.29, 1.82) is 0 Å². The van der Waals surface area contributed by atoms with Gasteiger partial charge in [0.15, 0.2) is 0 Å². The number of aliphatic carboxylic acids is 1. The number of rotatable bonds is 3. The van der Waals surface area contributed by atoms with E-state index < -0.39 is 5.97 Å². The standard InChI is InChI=1S/C13H14O2/c14-13(15)8-7-10-3-1-6-12(9-10)11-4-2-5-11/h1,3,6-9,11H,2,4-5H2,(H,14,15)/b8-7+. The highest BCUT2D eigenvalue weighted by atomic mass is 16.4. The lowest BCUT2D eigenvalue weighted by molar-refractivity contribution is -0.131. The van der Waals surface area contributed by atoms with E-state index in [-0.39, 0.29) is 0 Å². The molecular weight excluding hydrogens is 188 g/mol. The van der Waals surface area contributed by atoms with Crippen LogP contribution in [0.2, 0.25) is 0 Å². The predicted molar refractivity (Wildman–Crippen MR) is 59.7 cm³/mol. The fraction of sp³-hybridized carbons (Fsp3) is 0.308. The molecule has 15 heavy (non-hydrogen) atoms. The van der Waals surface area contributed by atoms with Gasteiger partial charge in [0.05, 0.1) is 0 Å². The minimum Gasteiger partial charge on any atom is -0.478 e. The molecule has 0 amide bonds. The molecule has 1 fully saturated rings. The smallest absolute Gasteiger partial charge is 0.328 e. The average Bonchev–Trinajstić information content (AvgIpc) is 2.13. The molecule has 0 aliphatic heterocycles. The maximum absolute atomic E-state index is 10.4. The Balaban J connectivity index is 2.14. The van der Waals surface area contributed by atoms with Crippen LogP contribution in [0.15, 0.2) is 30.3 Å². The molecule has 0 radical (unpaired) electrons. The molecule has 0 aromatic heterocycles. The highest BCUT2D eigenvalue weighted by molar-refractivity contribution is 5.85. The van der Waals surface area contributed by atoms with Crippen LogP contribution in [0, 0.1) is 0 Å². The van der Waals surface area contributed by atoms with E-state index in [0.29, 0.717) is 5.92 Å². The van der Waals surface area contributed by atoms with Gasteiger partial charge in [-0.05, 0) is 36.0 Å². The Morgan fingerprint density at radius 1 is 1.40 bits per heavy atom. The van der Waals surface area contributed by atoms with Crippen molar-refractivity contribution in [3.63, 3.8) is 0 Å². The van der Waals surface area contributed by atoms with Crippen molar-refractivity contribution < 1.29 is 9.90 Å². The lowest BCUT2D eigenvalue weighted by Crippen LogP contribution is -2.08. The van der Waals surface area contributed by atoms with Crippen LogP contribution in [0.3, 0.4) is 0 Å². The minimum absolute atomic E-state index is 0.697. The highest BCUT2D eigenvalue weighted by Gasteiger charge is 2.18. The van der Waals surface area contributed by atoms with Gasteiger partial charge < -0.3 is 5.11 Å². The Kier molecular flexibility index (Phi) is 2.86. The van der Waals surface area contributed by atoms with Crippen LogP contribution < -0.4 is 0 Å². The van der Waals surface area contributed by atoms with E-state index in [9.17, 15) is 4.79 Å². The lowest BCUT2D eigenvalue weighted by atomic mass is 9.80. The first-order chi connectivity index (χ1) is 7.25. The summed E-state index contributed by atoms with van der Waals surface area (Å²) < 4.78 is 0. The van der Waals surface area contributed by atoms with Gasteiger partial charge in [-0.1, -0.05) is 30.7 Å². The third-order valence-corrected chi connectivity index (χ3v) is 2.91. The van der Waals surface area contributed by atoms with Crippen LogP contribution >= 0.6 is 0 Å². The molecule has 0 saturated heterocycles. The number of hydrogen-bond acceptors (Lipinski definition) is 1. The van der Waals surface area contributed by atoms with E-state index in [1.165, 1.54) is 30.9 Å². The van der Waals surface area contributed by atoms with Crippen molar-refractivity contribution in [2.24, 2.45) is 0 Å². The zero-order valence-electron chi connectivity index (χ0n) is 8.52. The van der Waals surface area contributed by atoms with Crippen molar-refractivity contribution in [3.8, 4) is 0 Å². The summed E-state index contributed by atoms with van der Waals surface area (Å²) in [5.74, 6) is -0.202. The van der Waals surface area contributed by atoms with Crippen molar-refractivity contribution >= 4 is 12.0 Å². The number of benzene rings is 1. The molecule has 2 heteroatoms. The molecule has 1 aromatic carbocycles. The van der Waals surface area contributed by atoms with Crippen LogP contribution in [0.4, 0.5) is 0 Å². The van der Waals surface area contributed by atoms with E-state index in [4.69, 9.17) is 5.11 Å². The number of carboxylic acid groups (broad SMARTS) is 1. The third-order valence-electron chi connectivity index (χ3n) is 2.91. The Labute approximate surface area is 89.2 Å². The average molecular weight is 202 g/mol. The van der Waals surface area contributed by atoms with E-state index >= 15 is 0 Å². The number of hydrogen-bond donors (Lipinski definition) is 1. The predicted octanol–water partition coefficient (Wildman–Crippen LogP) is 3.05. The summed E-state index contributed by atoms with van der Waals surface area (Å²) >= 11 is 0. The molecule has 1 N–H and O–H groups in total. The summed E-state index contributed by atoms with van der Waals surface area (Å²) in [5, 5.41) is 8.52. The topological polar surface area (TPSA) is 37.3 Å². The van der Waals surface area contributed by atoms with Gasteiger partial charge in [-0.25, -0.2) is 4.79 Å². The minimum atomic E-state index is -0.899. The molecule has 1 aliphatic carbocycles. The first kappa shape index (κ1) is 9.97. The van der Waals surface area contributed by atoms with Crippen molar-refractivity contribution in [1.82, 2.24) is 0 Å². The number of carboxylic acids is 1. The van der Waals surface area contributed by atoms with Crippen LogP contribution in [0.5, 0.6) is 0 Å².